The summed E-state index contributed by atoms with van der Waals surface area (Å²) in [4.78, 5) is 11.0. The number of sulfonamides is 1. The molecule has 7 heteroatoms. The lowest BCUT2D eigenvalue weighted by molar-refractivity contribution is 0.1000. The smallest absolute Gasteiger partial charge is 0.248 e. The van der Waals surface area contributed by atoms with E-state index >= 15 is 0 Å². The van der Waals surface area contributed by atoms with Gasteiger partial charge in [-0.05, 0) is 31.0 Å². The van der Waals surface area contributed by atoms with Crippen LogP contribution in [0.4, 0.5) is 5.69 Å². The van der Waals surface area contributed by atoms with Crippen molar-refractivity contribution in [2.45, 2.75) is 17.7 Å². The molecule has 1 fully saturated rings. The molecule has 18 heavy (non-hydrogen) atoms. The molecule has 0 saturated carbocycles. The number of hydrogen-bond acceptors (Lipinski definition) is 4. The summed E-state index contributed by atoms with van der Waals surface area (Å²) >= 11 is 0. The summed E-state index contributed by atoms with van der Waals surface area (Å²) in [5, 5.41) is 0. The monoisotopic (exact) mass is 269 g/mol. The number of amides is 1. The number of nitrogen functional groups attached to an aromatic ring is 1. The second-order valence-electron chi connectivity index (χ2n) is 4.23. The number of carbonyl (C=O) groups excluding carboxylic acids is 1. The van der Waals surface area contributed by atoms with Crippen LogP contribution in [-0.4, -0.2) is 31.7 Å². The summed E-state index contributed by atoms with van der Waals surface area (Å²) < 4.78 is 25.9. The van der Waals surface area contributed by atoms with Gasteiger partial charge in [0.25, 0.3) is 0 Å². The van der Waals surface area contributed by atoms with E-state index in [1.54, 1.807) is 0 Å². The molecule has 1 aromatic rings. The van der Waals surface area contributed by atoms with Gasteiger partial charge in [-0.15, -0.1) is 0 Å². The molecule has 0 radical (unpaired) electrons. The number of nitrogens with zero attached hydrogens (tertiary/aromatic N) is 1. The minimum absolute atomic E-state index is 0.0365. The van der Waals surface area contributed by atoms with Gasteiger partial charge in [0.15, 0.2) is 0 Å². The van der Waals surface area contributed by atoms with Gasteiger partial charge >= 0.3 is 0 Å². The molecular weight excluding hydrogens is 254 g/mol. The molecule has 1 aliphatic heterocycles. The number of anilines is 1. The van der Waals surface area contributed by atoms with Gasteiger partial charge in [-0.3, -0.25) is 4.79 Å². The molecule has 98 valence electrons. The topological polar surface area (TPSA) is 106 Å². The summed E-state index contributed by atoms with van der Waals surface area (Å²) in [6.45, 7) is 1.03. The zero-order chi connectivity index (χ0) is 13.3. The SMILES string of the molecule is NC(=O)c1ccc(S(=O)(=O)N2CCCC2)c(N)c1. The predicted molar refractivity (Wildman–Crippen MR) is 67.4 cm³/mol. The van der Waals surface area contributed by atoms with Crippen LogP contribution in [0.3, 0.4) is 0 Å². The number of nitrogens with two attached hydrogens (primary N) is 2. The Hall–Kier alpha value is -1.60. The molecular formula is C11H15N3O3S. The van der Waals surface area contributed by atoms with Gasteiger partial charge in [-0.25, -0.2) is 8.42 Å². The zero-order valence-corrected chi connectivity index (χ0v) is 10.6. The van der Waals surface area contributed by atoms with Crippen LogP contribution >= 0.6 is 0 Å². The zero-order valence-electron chi connectivity index (χ0n) is 9.80. The van der Waals surface area contributed by atoms with Crippen LogP contribution in [-0.2, 0) is 10.0 Å². The summed E-state index contributed by atoms with van der Waals surface area (Å²) in [7, 11) is -3.56. The highest BCUT2D eigenvalue weighted by Crippen LogP contribution is 2.26. The number of hydrogen-bond donors (Lipinski definition) is 2. The van der Waals surface area contributed by atoms with E-state index in [1.807, 2.05) is 0 Å². The van der Waals surface area contributed by atoms with Crippen molar-refractivity contribution < 1.29 is 13.2 Å². The molecule has 1 heterocycles. The van der Waals surface area contributed by atoms with Crippen LogP contribution < -0.4 is 11.5 Å². The van der Waals surface area contributed by atoms with Crippen molar-refractivity contribution in [2.24, 2.45) is 5.73 Å². The van der Waals surface area contributed by atoms with E-state index in [9.17, 15) is 13.2 Å². The highest BCUT2D eigenvalue weighted by Gasteiger charge is 2.28. The Balaban J connectivity index is 2.42. The second kappa shape index (κ2) is 4.58. The fraction of sp³-hybridized carbons (Fsp3) is 0.364. The quantitative estimate of drug-likeness (QED) is 0.762. The Morgan fingerprint density at radius 2 is 1.83 bits per heavy atom. The third-order valence-electron chi connectivity index (χ3n) is 2.98. The molecule has 0 spiro atoms. The maximum atomic E-state index is 12.3. The van der Waals surface area contributed by atoms with Crippen molar-refractivity contribution in [3.05, 3.63) is 23.8 Å². The van der Waals surface area contributed by atoms with Crippen molar-refractivity contribution in [1.29, 1.82) is 0 Å². The van der Waals surface area contributed by atoms with Crippen molar-refractivity contribution in [1.82, 2.24) is 4.31 Å². The standard InChI is InChI=1S/C11H15N3O3S/c12-9-7-8(11(13)15)3-4-10(9)18(16,17)14-5-1-2-6-14/h3-4,7H,1-2,5-6,12H2,(H2,13,15). The van der Waals surface area contributed by atoms with E-state index in [2.05, 4.69) is 0 Å². The Kier molecular flexibility index (Phi) is 3.27. The lowest BCUT2D eigenvalue weighted by Crippen LogP contribution is -2.28. The average Bonchev–Trinajstić information content (AvgIpc) is 2.82. The number of primary amides is 1. The summed E-state index contributed by atoms with van der Waals surface area (Å²) in [6.07, 6.45) is 1.72. The van der Waals surface area contributed by atoms with E-state index < -0.39 is 15.9 Å². The summed E-state index contributed by atoms with van der Waals surface area (Å²) in [5.74, 6) is -0.633. The van der Waals surface area contributed by atoms with Crippen molar-refractivity contribution in [3.63, 3.8) is 0 Å². The molecule has 2 rings (SSSR count). The lowest BCUT2D eigenvalue weighted by Gasteiger charge is -2.17. The Morgan fingerprint density at radius 1 is 1.22 bits per heavy atom. The van der Waals surface area contributed by atoms with Crippen molar-refractivity contribution >= 4 is 21.6 Å². The second-order valence-corrected chi connectivity index (χ2v) is 6.13. The highest BCUT2D eigenvalue weighted by atomic mass is 32.2. The molecule has 0 atom stereocenters. The molecule has 1 saturated heterocycles. The maximum absolute atomic E-state index is 12.3. The highest BCUT2D eigenvalue weighted by molar-refractivity contribution is 7.89. The molecule has 1 aliphatic rings. The number of carbonyl (C=O) groups is 1. The first-order valence-corrected chi connectivity index (χ1v) is 7.06. The molecule has 6 nitrogen and oxygen atoms in total. The van der Waals surface area contributed by atoms with Gasteiger partial charge in [0.2, 0.25) is 15.9 Å². The minimum atomic E-state index is -3.56. The van der Waals surface area contributed by atoms with Crippen LogP contribution in [0.25, 0.3) is 0 Å². The van der Waals surface area contributed by atoms with Crippen LogP contribution in [0, 0.1) is 0 Å². The Morgan fingerprint density at radius 3 is 2.33 bits per heavy atom. The summed E-state index contributed by atoms with van der Waals surface area (Å²) in [5.41, 5.74) is 11.1. The average molecular weight is 269 g/mol. The van der Waals surface area contributed by atoms with Crippen LogP contribution in [0.15, 0.2) is 23.1 Å². The van der Waals surface area contributed by atoms with Gasteiger partial charge < -0.3 is 11.5 Å². The predicted octanol–water partition coefficient (Wildman–Crippen LogP) is 0.152. The van der Waals surface area contributed by atoms with Gasteiger partial charge in [0.05, 0.1) is 5.69 Å². The van der Waals surface area contributed by atoms with E-state index in [1.165, 1.54) is 22.5 Å². The van der Waals surface area contributed by atoms with E-state index in [-0.39, 0.29) is 16.1 Å². The largest absolute Gasteiger partial charge is 0.398 e. The third-order valence-corrected chi connectivity index (χ3v) is 4.95. The van der Waals surface area contributed by atoms with E-state index in [4.69, 9.17) is 11.5 Å². The van der Waals surface area contributed by atoms with Crippen LogP contribution in [0.1, 0.15) is 23.2 Å². The third kappa shape index (κ3) is 2.19. The first-order valence-electron chi connectivity index (χ1n) is 5.62. The lowest BCUT2D eigenvalue weighted by atomic mass is 10.2. The first kappa shape index (κ1) is 12.8. The molecule has 0 aromatic heterocycles. The maximum Gasteiger partial charge on any atom is 0.248 e. The van der Waals surface area contributed by atoms with Crippen molar-refractivity contribution in [2.75, 3.05) is 18.8 Å². The van der Waals surface area contributed by atoms with E-state index in [0.29, 0.717) is 13.1 Å². The van der Waals surface area contributed by atoms with Gasteiger partial charge in [0.1, 0.15) is 4.90 Å². The minimum Gasteiger partial charge on any atom is -0.398 e. The van der Waals surface area contributed by atoms with Crippen LogP contribution in [0.5, 0.6) is 0 Å². The molecule has 0 unspecified atom stereocenters. The van der Waals surface area contributed by atoms with Gasteiger partial charge in [0, 0.05) is 18.7 Å². The first-order chi connectivity index (χ1) is 8.43. The fourth-order valence-corrected chi connectivity index (χ4v) is 3.62. The number of rotatable bonds is 3. The molecule has 4 N–H and O–H groups in total. The van der Waals surface area contributed by atoms with Crippen molar-refractivity contribution in [3.8, 4) is 0 Å². The molecule has 0 aliphatic carbocycles. The fourth-order valence-electron chi connectivity index (χ4n) is 2.00. The Labute approximate surface area is 106 Å². The van der Waals surface area contributed by atoms with Gasteiger partial charge in [-0.1, -0.05) is 0 Å². The Bertz CT molecular complexity index is 577. The molecule has 1 aromatic carbocycles. The normalized spacial score (nSPS) is 16.9. The van der Waals surface area contributed by atoms with E-state index in [0.717, 1.165) is 12.8 Å². The molecule has 0 bridgehead atoms. The van der Waals surface area contributed by atoms with Crippen LogP contribution in [0.2, 0.25) is 0 Å². The summed E-state index contributed by atoms with van der Waals surface area (Å²) in [6, 6.07) is 4.01. The number of benzene rings is 1. The molecule has 1 amide bonds. The van der Waals surface area contributed by atoms with Gasteiger partial charge in [-0.2, -0.15) is 4.31 Å².